The summed E-state index contributed by atoms with van der Waals surface area (Å²) in [6.07, 6.45) is 1.55. The van der Waals surface area contributed by atoms with E-state index in [9.17, 15) is 12.8 Å². The van der Waals surface area contributed by atoms with Crippen molar-refractivity contribution in [2.75, 3.05) is 0 Å². The summed E-state index contributed by atoms with van der Waals surface area (Å²) >= 11 is 0. The van der Waals surface area contributed by atoms with E-state index in [0.29, 0.717) is 11.1 Å². The molecule has 22 heavy (non-hydrogen) atoms. The highest BCUT2D eigenvalue weighted by atomic mass is 32.2. The Morgan fingerprint density at radius 3 is 2.68 bits per heavy atom. The van der Waals surface area contributed by atoms with Gasteiger partial charge >= 0.3 is 10.1 Å². The van der Waals surface area contributed by atoms with Crippen LogP contribution in [0, 0.1) is 12.7 Å². The monoisotopic (exact) mass is 317 g/mol. The molecule has 3 aromatic rings. The van der Waals surface area contributed by atoms with Gasteiger partial charge in [-0.1, -0.05) is 24.3 Å². The molecule has 0 N–H and O–H groups in total. The maximum atomic E-state index is 13.3. The third-order valence-corrected chi connectivity index (χ3v) is 4.59. The molecule has 1 heterocycles. The number of pyridine rings is 1. The summed E-state index contributed by atoms with van der Waals surface area (Å²) in [5.74, 6) is -0.523. The van der Waals surface area contributed by atoms with Gasteiger partial charge in [-0.3, -0.25) is 4.98 Å². The second-order valence-corrected chi connectivity index (χ2v) is 6.29. The van der Waals surface area contributed by atoms with E-state index in [2.05, 4.69) is 4.98 Å². The van der Waals surface area contributed by atoms with Gasteiger partial charge in [0.1, 0.15) is 16.2 Å². The van der Waals surface area contributed by atoms with Crippen molar-refractivity contribution in [2.45, 2.75) is 11.8 Å². The lowest BCUT2D eigenvalue weighted by molar-refractivity contribution is 0.486. The second kappa shape index (κ2) is 5.38. The molecule has 4 nitrogen and oxygen atoms in total. The maximum absolute atomic E-state index is 13.3. The van der Waals surface area contributed by atoms with Crippen LogP contribution in [0.15, 0.2) is 59.6 Å². The first-order valence-corrected chi connectivity index (χ1v) is 7.92. The molecule has 0 aliphatic rings. The van der Waals surface area contributed by atoms with Crippen LogP contribution in [-0.2, 0) is 10.1 Å². The van der Waals surface area contributed by atoms with Gasteiger partial charge in [0.25, 0.3) is 0 Å². The number of benzene rings is 2. The van der Waals surface area contributed by atoms with Crippen LogP contribution in [0.2, 0.25) is 0 Å². The fourth-order valence-corrected chi connectivity index (χ4v) is 3.33. The molecular formula is C16H12FNO3S. The third-order valence-electron chi connectivity index (χ3n) is 3.21. The topological polar surface area (TPSA) is 56.3 Å². The first-order chi connectivity index (χ1) is 10.5. The van der Waals surface area contributed by atoms with Crippen LogP contribution in [0.4, 0.5) is 4.39 Å². The first kappa shape index (κ1) is 14.5. The highest BCUT2D eigenvalue weighted by Crippen LogP contribution is 2.27. The number of nitrogens with zero attached hydrogens (tertiary/aromatic N) is 1. The first-order valence-electron chi connectivity index (χ1n) is 6.52. The molecule has 2 aromatic carbocycles. The Hall–Kier alpha value is -2.47. The molecule has 0 spiro atoms. The van der Waals surface area contributed by atoms with E-state index in [1.54, 1.807) is 37.4 Å². The van der Waals surface area contributed by atoms with E-state index < -0.39 is 15.9 Å². The smallest absolute Gasteiger partial charge is 0.339 e. The number of hydrogen-bond donors (Lipinski definition) is 0. The summed E-state index contributed by atoms with van der Waals surface area (Å²) in [7, 11) is -4.14. The van der Waals surface area contributed by atoms with Crippen molar-refractivity contribution in [3.8, 4) is 5.75 Å². The number of aromatic nitrogens is 1. The van der Waals surface area contributed by atoms with Crippen LogP contribution in [0.3, 0.4) is 0 Å². The van der Waals surface area contributed by atoms with Gasteiger partial charge in [-0.25, -0.2) is 4.39 Å². The molecule has 0 saturated carbocycles. The van der Waals surface area contributed by atoms with Gasteiger partial charge in [0, 0.05) is 11.6 Å². The Morgan fingerprint density at radius 1 is 1.09 bits per heavy atom. The van der Waals surface area contributed by atoms with Gasteiger partial charge in [0.2, 0.25) is 0 Å². The largest absolute Gasteiger partial charge is 0.377 e. The molecular weight excluding hydrogens is 305 g/mol. The third kappa shape index (κ3) is 2.65. The molecule has 0 aliphatic heterocycles. The van der Waals surface area contributed by atoms with E-state index in [1.165, 1.54) is 18.2 Å². The Bertz CT molecular complexity index is 949. The van der Waals surface area contributed by atoms with E-state index in [1.807, 2.05) is 0 Å². The Labute approximate surface area is 127 Å². The lowest BCUT2D eigenvalue weighted by Crippen LogP contribution is -2.12. The fourth-order valence-electron chi connectivity index (χ4n) is 2.15. The van der Waals surface area contributed by atoms with Gasteiger partial charge < -0.3 is 4.18 Å². The summed E-state index contributed by atoms with van der Waals surface area (Å²) in [5, 5.41) is 0.756. The Balaban J connectivity index is 2.09. The predicted octanol–water partition coefficient (Wildman–Crippen LogP) is 3.45. The standard InChI is InChI=1S/C16H12FNO3S/c1-11-7-8-13(17)10-15(11)22(19,20)21-14-6-2-4-12-5-3-9-18-16(12)14/h2-10H,1H3. The van der Waals surface area contributed by atoms with Gasteiger partial charge in [-0.05, 0) is 36.8 Å². The molecule has 3 rings (SSSR count). The van der Waals surface area contributed by atoms with Crippen LogP contribution >= 0.6 is 0 Å². The fraction of sp³-hybridized carbons (Fsp3) is 0.0625. The van der Waals surface area contributed by atoms with Crippen LogP contribution in [0.25, 0.3) is 10.9 Å². The average Bonchev–Trinajstić information content (AvgIpc) is 2.50. The normalized spacial score (nSPS) is 11.5. The van der Waals surface area contributed by atoms with Gasteiger partial charge in [-0.15, -0.1) is 0 Å². The summed E-state index contributed by atoms with van der Waals surface area (Å²) in [6, 6.07) is 12.1. The molecule has 0 radical (unpaired) electrons. The van der Waals surface area contributed by atoms with Crippen molar-refractivity contribution in [1.82, 2.24) is 4.98 Å². The molecule has 0 bridgehead atoms. The Kier molecular flexibility index (Phi) is 3.54. The number of fused-ring (bicyclic) bond motifs is 1. The van der Waals surface area contributed by atoms with Crippen molar-refractivity contribution in [3.05, 3.63) is 66.1 Å². The molecule has 0 amide bonds. The lowest BCUT2D eigenvalue weighted by atomic mass is 10.2. The quantitative estimate of drug-likeness (QED) is 0.694. The van der Waals surface area contributed by atoms with E-state index in [4.69, 9.17) is 4.18 Å². The molecule has 6 heteroatoms. The predicted molar refractivity (Wildman–Crippen MR) is 80.7 cm³/mol. The van der Waals surface area contributed by atoms with E-state index in [0.717, 1.165) is 11.5 Å². The van der Waals surface area contributed by atoms with Crippen molar-refractivity contribution >= 4 is 21.0 Å². The molecule has 0 aliphatic carbocycles. The van der Waals surface area contributed by atoms with Crippen molar-refractivity contribution < 1.29 is 17.0 Å². The lowest BCUT2D eigenvalue weighted by Gasteiger charge is -2.10. The highest BCUT2D eigenvalue weighted by Gasteiger charge is 2.21. The average molecular weight is 317 g/mol. The number of hydrogen-bond acceptors (Lipinski definition) is 4. The number of para-hydroxylation sites is 1. The number of rotatable bonds is 3. The van der Waals surface area contributed by atoms with Gasteiger partial charge in [0.15, 0.2) is 5.75 Å². The highest BCUT2D eigenvalue weighted by molar-refractivity contribution is 7.87. The minimum Gasteiger partial charge on any atom is -0.377 e. The molecule has 0 atom stereocenters. The maximum Gasteiger partial charge on any atom is 0.339 e. The zero-order valence-electron chi connectivity index (χ0n) is 11.7. The van der Waals surface area contributed by atoms with E-state index >= 15 is 0 Å². The molecule has 0 fully saturated rings. The number of aryl methyl sites for hydroxylation is 1. The number of halogens is 1. The van der Waals surface area contributed by atoms with Crippen LogP contribution in [-0.4, -0.2) is 13.4 Å². The summed E-state index contributed by atoms with van der Waals surface area (Å²) in [6.45, 7) is 1.58. The molecule has 112 valence electrons. The summed E-state index contributed by atoms with van der Waals surface area (Å²) in [5.41, 5.74) is 0.845. The van der Waals surface area contributed by atoms with Gasteiger partial charge in [0.05, 0.1) is 0 Å². The minimum absolute atomic E-state index is 0.113. The van der Waals surface area contributed by atoms with Crippen molar-refractivity contribution in [1.29, 1.82) is 0 Å². The zero-order chi connectivity index (χ0) is 15.7. The van der Waals surface area contributed by atoms with Crippen LogP contribution in [0.5, 0.6) is 5.75 Å². The summed E-state index contributed by atoms with van der Waals surface area (Å²) < 4.78 is 43.3. The molecule has 0 unspecified atom stereocenters. The Morgan fingerprint density at radius 2 is 1.86 bits per heavy atom. The van der Waals surface area contributed by atoms with Crippen molar-refractivity contribution in [2.24, 2.45) is 0 Å². The van der Waals surface area contributed by atoms with Crippen LogP contribution in [0.1, 0.15) is 5.56 Å². The van der Waals surface area contributed by atoms with E-state index in [-0.39, 0.29) is 10.6 Å². The van der Waals surface area contributed by atoms with Crippen molar-refractivity contribution in [3.63, 3.8) is 0 Å². The van der Waals surface area contributed by atoms with Crippen LogP contribution < -0.4 is 4.18 Å². The van der Waals surface area contributed by atoms with Gasteiger partial charge in [-0.2, -0.15) is 8.42 Å². The SMILES string of the molecule is Cc1ccc(F)cc1S(=O)(=O)Oc1cccc2cccnc12. The molecule has 0 saturated heterocycles. The molecule has 1 aromatic heterocycles. The minimum atomic E-state index is -4.14. The summed E-state index contributed by atoms with van der Waals surface area (Å²) in [4.78, 5) is 3.94. The zero-order valence-corrected chi connectivity index (χ0v) is 12.5. The second-order valence-electron chi connectivity index (χ2n) is 4.78.